The van der Waals surface area contributed by atoms with Crippen molar-refractivity contribution in [2.45, 2.75) is 116 Å². The zero-order valence-corrected chi connectivity index (χ0v) is 20.8. The first-order valence-electron chi connectivity index (χ1n) is 12.6. The largest absolute Gasteiger partial charge is 0.366 e. The second-order valence-electron chi connectivity index (χ2n) is 13.0. The lowest BCUT2D eigenvalue weighted by atomic mass is 9.47. The van der Waals surface area contributed by atoms with E-state index in [9.17, 15) is 10.2 Å². The molecule has 2 N–H and O–H groups in total. The minimum atomic E-state index is -1.46. The summed E-state index contributed by atoms with van der Waals surface area (Å²) in [6.07, 6.45) is 15.8. The van der Waals surface area contributed by atoms with Gasteiger partial charge in [-0.1, -0.05) is 57.6 Å². The van der Waals surface area contributed by atoms with E-state index in [0.29, 0.717) is 29.6 Å². The maximum absolute atomic E-state index is 10.8. The average Bonchev–Trinajstić information content (AvgIpc) is 2.95. The molecule has 0 bridgehead atoms. The van der Waals surface area contributed by atoms with Crippen molar-refractivity contribution in [3.63, 3.8) is 0 Å². The first-order chi connectivity index (χ1) is 13.4. The van der Waals surface area contributed by atoms with Crippen LogP contribution in [0.1, 0.15) is 84.5 Å². The smallest absolute Gasteiger partial charge is 0.162 e. The summed E-state index contributed by atoms with van der Waals surface area (Å²) in [6.45, 7) is 12.1. The summed E-state index contributed by atoms with van der Waals surface area (Å²) in [5.41, 5.74) is 2.57. The Morgan fingerprint density at radius 1 is 1.03 bits per heavy atom. The molecule has 166 valence electrons. The molecule has 0 aromatic rings. The van der Waals surface area contributed by atoms with Crippen LogP contribution < -0.4 is 0 Å². The van der Waals surface area contributed by atoms with Gasteiger partial charge in [-0.3, -0.25) is 0 Å². The Kier molecular flexibility index (Phi) is 5.70. The molecule has 0 spiro atoms. The minimum Gasteiger partial charge on any atom is -0.366 e. The number of hydrogen-bond donors (Lipinski definition) is 2. The lowest BCUT2D eigenvalue weighted by Crippen LogP contribution is -2.50. The summed E-state index contributed by atoms with van der Waals surface area (Å²) in [5.74, 6) is 1.51. The van der Waals surface area contributed by atoms with Crippen LogP contribution in [0.15, 0.2) is 11.6 Å². The highest BCUT2D eigenvalue weighted by Gasteiger charge is 2.58. The van der Waals surface area contributed by atoms with Gasteiger partial charge < -0.3 is 10.2 Å². The van der Waals surface area contributed by atoms with Crippen LogP contribution in [0, 0.1) is 34.5 Å². The summed E-state index contributed by atoms with van der Waals surface area (Å²) in [6, 6.07) is 1.00. The van der Waals surface area contributed by atoms with Crippen LogP contribution >= 0.6 is 0 Å². The lowest BCUT2D eigenvalue weighted by Gasteiger charge is -2.58. The zero-order valence-electron chi connectivity index (χ0n) is 19.8. The number of hydrogen-bond acceptors (Lipinski definition) is 2. The molecule has 3 fully saturated rings. The van der Waals surface area contributed by atoms with Crippen LogP contribution in [0.5, 0.6) is 0 Å². The first-order valence-corrected chi connectivity index (χ1v) is 16.3. The third kappa shape index (κ3) is 4.05. The van der Waals surface area contributed by atoms with Gasteiger partial charge in [0, 0.05) is 14.5 Å². The number of aliphatic hydroxyl groups is 2. The highest BCUT2D eigenvalue weighted by Crippen LogP contribution is 2.67. The highest BCUT2D eigenvalue weighted by atomic mass is 28.3. The maximum Gasteiger partial charge on any atom is 0.162 e. The van der Waals surface area contributed by atoms with Crippen LogP contribution in [0.25, 0.3) is 0 Å². The Morgan fingerprint density at radius 2 is 1.79 bits per heavy atom. The van der Waals surface area contributed by atoms with E-state index in [4.69, 9.17) is 0 Å². The van der Waals surface area contributed by atoms with E-state index in [1.54, 1.807) is 5.57 Å². The van der Waals surface area contributed by atoms with Crippen molar-refractivity contribution in [1.82, 2.24) is 0 Å². The van der Waals surface area contributed by atoms with Gasteiger partial charge in [-0.25, -0.2) is 0 Å². The fourth-order valence-electron chi connectivity index (χ4n) is 8.21. The maximum atomic E-state index is 10.8. The Morgan fingerprint density at radius 3 is 2.52 bits per heavy atom. The van der Waals surface area contributed by atoms with E-state index >= 15 is 0 Å². The SMILES string of the molecule is C[C@]12CC[C@H]3[C@@H](CC=C4CCCC[C@@]43C)[C@@H]1CC[C@@H]2CC(O)(O)CC[Si](C)(C)C. The van der Waals surface area contributed by atoms with E-state index in [1.165, 1.54) is 57.8 Å². The average molecular weight is 419 g/mol. The van der Waals surface area contributed by atoms with Crippen molar-refractivity contribution in [3.8, 4) is 0 Å². The lowest BCUT2D eigenvalue weighted by molar-refractivity contribution is -0.185. The molecule has 6 atom stereocenters. The van der Waals surface area contributed by atoms with Crippen LogP contribution in [-0.2, 0) is 0 Å². The van der Waals surface area contributed by atoms with Crippen molar-refractivity contribution in [2.75, 3.05) is 0 Å². The third-order valence-electron chi connectivity index (χ3n) is 10.1. The van der Waals surface area contributed by atoms with Crippen molar-refractivity contribution in [1.29, 1.82) is 0 Å². The van der Waals surface area contributed by atoms with Gasteiger partial charge in [0.05, 0.1) is 0 Å². The van der Waals surface area contributed by atoms with Gasteiger partial charge in [-0.05, 0) is 92.3 Å². The molecule has 0 unspecified atom stereocenters. The van der Waals surface area contributed by atoms with Gasteiger partial charge >= 0.3 is 0 Å². The number of rotatable bonds is 5. The fourth-order valence-corrected chi connectivity index (χ4v) is 9.36. The first kappa shape index (κ1) is 22.1. The van der Waals surface area contributed by atoms with Crippen LogP contribution in [0.3, 0.4) is 0 Å². The highest BCUT2D eigenvalue weighted by molar-refractivity contribution is 6.76. The predicted octanol–water partition coefficient (Wildman–Crippen LogP) is 6.75. The summed E-state index contributed by atoms with van der Waals surface area (Å²) >= 11 is 0. The van der Waals surface area contributed by atoms with Gasteiger partial charge in [0.25, 0.3) is 0 Å². The molecule has 0 radical (unpaired) electrons. The Labute approximate surface area is 180 Å². The van der Waals surface area contributed by atoms with Gasteiger partial charge in [0.15, 0.2) is 5.79 Å². The predicted molar refractivity (Wildman–Crippen MR) is 124 cm³/mol. The molecular formula is C26H46O2Si. The summed E-state index contributed by atoms with van der Waals surface area (Å²) in [7, 11) is -1.25. The second-order valence-corrected chi connectivity index (χ2v) is 18.7. The topological polar surface area (TPSA) is 40.5 Å². The van der Waals surface area contributed by atoms with Crippen LogP contribution in [-0.4, -0.2) is 24.1 Å². The normalized spacial score (nSPS) is 42.7. The van der Waals surface area contributed by atoms with E-state index in [0.717, 1.165) is 23.8 Å². The Hall–Kier alpha value is -0.123. The molecule has 0 aromatic carbocycles. The quantitative estimate of drug-likeness (QED) is 0.294. The second kappa shape index (κ2) is 7.48. The monoisotopic (exact) mass is 418 g/mol. The molecule has 4 rings (SSSR count). The van der Waals surface area contributed by atoms with Crippen LogP contribution in [0.4, 0.5) is 0 Å². The van der Waals surface area contributed by atoms with Crippen molar-refractivity contribution >= 4 is 8.07 Å². The molecule has 3 saturated carbocycles. The molecule has 0 aliphatic heterocycles. The summed E-state index contributed by atoms with van der Waals surface area (Å²) < 4.78 is 0. The molecule has 3 heteroatoms. The van der Waals surface area contributed by atoms with E-state index in [-0.39, 0.29) is 0 Å². The molecule has 29 heavy (non-hydrogen) atoms. The van der Waals surface area contributed by atoms with E-state index < -0.39 is 13.9 Å². The van der Waals surface area contributed by atoms with Crippen molar-refractivity contribution < 1.29 is 10.2 Å². The van der Waals surface area contributed by atoms with Gasteiger partial charge in [-0.2, -0.15) is 0 Å². The van der Waals surface area contributed by atoms with Gasteiger partial charge in [0.1, 0.15) is 0 Å². The standard InChI is InChI=1S/C26H46O2Si/c1-24-14-7-6-8-19(24)9-11-21-22-12-10-20(25(22,2)15-13-23(21)24)18-26(27,28)16-17-29(3,4)5/h9,20-23,27-28H,6-8,10-18H2,1-5H3/t20-,21+,22+,23+,24+,25-/m1/s1. The number of fused-ring (bicyclic) bond motifs is 5. The van der Waals surface area contributed by atoms with Crippen molar-refractivity contribution in [2.24, 2.45) is 34.5 Å². The molecule has 0 heterocycles. The Bertz CT molecular complexity index is 648. The van der Waals surface area contributed by atoms with E-state index in [2.05, 4.69) is 39.6 Å². The van der Waals surface area contributed by atoms with Gasteiger partial charge in [-0.15, -0.1) is 0 Å². The molecule has 0 saturated heterocycles. The van der Waals surface area contributed by atoms with Crippen molar-refractivity contribution in [3.05, 3.63) is 11.6 Å². The third-order valence-corrected chi connectivity index (χ3v) is 11.8. The molecule has 4 aliphatic carbocycles. The number of allylic oxidation sites excluding steroid dienone is 2. The molecular weight excluding hydrogens is 372 g/mol. The minimum absolute atomic E-state index is 0.313. The van der Waals surface area contributed by atoms with Crippen LogP contribution in [0.2, 0.25) is 25.7 Å². The molecule has 2 nitrogen and oxygen atoms in total. The fraction of sp³-hybridized carbons (Fsp3) is 0.923. The molecule has 0 aromatic heterocycles. The summed E-state index contributed by atoms with van der Waals surface area (Å²) in [5, 5.41) is 21.7. The van der Waals surface area contributed by atoms with E-state index in [1.807, 2.05) is 0 Å². The zero-order chi connectivity index (χ0) is 21.1. The molecule has 4 aliphatic rings. The molecule has 0 amide bonds. The summed E-state index contributed by atoms with van der Waals surface area (Å²) in [4.78, 5) is 0. The Balaban J connectivity index is 1.49. The van der Waals surface area contributed by atoms with Gasteiger partial charge in [0.2, 0.25) is 0 Å².